The molecule has 0 atom stereocenters. The van der Waals surface area contributed by atoms with Gasteiger partial charge in [0, 0.05) is 32.6 Å². The van der Waals surface area contributed by atoms with Crippen LogP contribution in [0.25, 0.3) is 0 Å². The maximum absolute atomic E-state index is 12.8. The second-order valence-corrected chi connectivity index (χ2v) is 7.21. The van der Waals surface area contributed by atoms with Gasteiger partial charge in [-0.3, -0.25) is 9.59 Å². The molecule has 0 unspecified atom stereocenters. The second kappa shape index (κ2) is 7.89. The van der Waals surface area contributed by atoms with Crippen LogP contribution in [-0.2, 0) is 4.79 Å². The number of piperidine rings is 1. The molecule has 0 N–H and O–H groups in total. The summed E-state index contributed by atoms with van der Waals surface area (Å²) in [5, 5.41) is 0. The van der Waals surface area contributed by atoms with Crippen LogP contribution in [0.15, 0.2) is 18.2 Å². The Hall–Kier alpha value is -2.04. The summed E-state index contributed by atoms with van der Waals surface area (Å²) in [4.78, 5) is 28.5. The van der Waals surface area contributed by atoms with Crippen molar-refractivity contribution < 1.29 is 14.3 Å². The first kappa shape index (κ1) is 17.8. The van der Waals surface area contributed by atoms with Gasteiger partial charge < -0.3 is 14.5 Å². The van der Waals surface area contributed by atoms with Crippen molar-refractivity contribution in [2.24, 2.45) is 5.92 Å². The Morgan fingerprint density at radius 1 is 1.24 bits per heavy atom. The number of carbonyl (C=O) groups is 2. The first-order valence-electron chi connectivity index (χ1n) is 9.30. The molecule has 0 saturated carbocycles. The van der Waals surface area contributed by atoms with Gasteiger partial charge in [0.25, 0.3) is 5.91 Å². The third-order valence-electron chi connectivity index (χ3n) is 5.47. The molecule has 1 aromatic carbocycles. The van der Waals surface area contributed by atoms with E-state index in [1.165, 1.54) is 0 Å². The van der Waals surface area contributed by atoms with E-state index >= 15 is 0 Å². The number of hydrogen-bond acceptors (Lipinski definition) is 3. The van der Waals surface area contributed by atoms with E-state index in [1.807, 2.05) is 34.9 Å². The van der Waals surface area contributed by atoms with Crippen molar-refractivity contribution in [1.82, 2.24) is 9.80 Å². The van der Waals surface area contributed by atoms with Gasteiger partial charge in [0.2, 0.25) is 5.91 Å². The molecule has 0 spiro atoms. The summed E-state index contributed by atoms with van der Waals surface area (Å²) in [7, 11) is 1.60. The van der Waals surface area contributed by atoms with Gasteiger partial charge in [0.1, 0.15) is 5.75 Å². The van der Waals surface area contributed by atoms with Crippen LogP contribution in [0.3, 0.4) is 0 Å². The first-order valence-corrected chi connectivity index (χ1v) is 9.30. The van der Waals surface area contributed by atoms with Gasteiger partial charge in [-0.1, -0.05) is 11.6 Å². The van der Waals surface area contributed by atoms with Gasteiger partial charge in [-0.25, -0.2) is 0 Å². The highest BCUT2D eigenvalue weighted by Crippen LogP contribution is 2.26. The van der Waals surface area contributed by atoms with E-state index in [1.54, 1.807) is 7.11 Å². The van der Waals surface area contributed by atoms with Crippen molar-refractivity contribution in [3.8, 4) is 5.75 Å². The predicted molar refractivity (Wildman–Crippen MR) is 96.8 cm³/mol. The summed E-state index contributed by atoms with van der Waals surface area (Å²) in [5.74, 6) is 1.62. The summed E-state index contributed by atoms with van der Waals surface area (Å²) >= 11 is 0. The highest BCUT2D eigenvalue weighted by molar-refractivity contribution is 5.97. The number of likely N-dealkylation sites (tertiary alicyclic amines) is 2. The molecule has 0 radical (unpaired) electrons. The molecule has 0 bridgehead atoms. The number of aryl methyl sites for hydroxylation is 1. The molecule has 5 nitrogen and oxygen atoms in total. The molecule has 2 saturated heterocycles. The standard InChI is InChI=1S/C20H28N2O3/c1-15-5-6-18(25-2)17(14-15)20(24)22-12-8-16(9-13-22)7-11-21-10-3-4-19(21)23/h5-6,14,16H,3-4,7-13H2,1-2H3. The molecule has 2 amide bonds. The van der Waals surface area contributed by atoms with Crippen molar-refractivity contribution in [3.63, 3.8) is 0 Å². The smallest absolute Gasteiger partial charge is 0.257 e. The minimum absolute atomic E-state index is 0.0636. The summed E-state index contributed by atoms with van der Waals surface area (Å²) in [6, 6.07) is 5.73. The number of rotatable bonds is 5. The predicted octanol–water partition coefficient (Wildman–Crippen LogP) is 2.87. The number of hydrogen-bond donors (Lipinski definition) is 0. The largest absolute Gasteiger partial charge is 0.496 e. The van der Waals surface area contributed by atoms with Crippen LogP contribution in [0.1, 0.15) is 48.0 Å². The fourth-order valence-corrected chi connectivity index (χ4v) is 3.86. The van der Waals surface area contributed by atoms with Gasteiger partial charge in [-0.05, 0) is 50.7 Å². The summed E-state index contributed by atoms with van der Waals surface area (Å²) in [6.07, 6.45) is 4.81. The fraction of sp³-hybridized carbons (Fsp3) is 0.600. The van der Waals surface area contributed by atoms with E-state index in [-0.39, 0.29) is 5.91 Å². The van der Waals surface area contributed by atoms with E-state index in [9.17, 15) is 9.59 Å². The lowest BCUT2D eigenvalue weighted by molar-refractivity contribution is -0.127. The molecule has 5 heteroatoms. The molecule has 2 fully saturated rings. The van der Waals surface area contributed by atoms with Gasteiger partial charge in [0.15, 0.2) is 0 Å². The van der Waals surface area contributed by atoms with E-state index in [2.05, 4.69) is 0 Å². The van der Waals surface area contributed by atoms with Crippen LogP contribution in [0, 0.1) is 12.8 Å². The molecule has 0 aromatic heterocycles. The topological polar surface area (TPSA) is 49.9 Å². The first-order chi connectivity index (χ1) is 12.1. The van der Waals surface area contributed by atoms with Crippen LogP contribution in [0.4, 0.5) is 0 Å². The Balaban J connectivity index is 1.52. The van der Waals surface area contributed by atoms with Crippen molar-refractivity contribution >= 4 is 11.8 Å². The molecule has 3 rings (SSSR count). The van der Waals surface area contributed by atoms with Crippen molar-refractivity contribution in [3.05, 3.63) is 29.3 Å². The number of methoxy groups -OCH3 is 1. The molecule has 1 aromatic rings. The number of ether oxygens (including phenoxy) is 1. The minimum Gasteiger partial charge on any atom is -0.496 e. The third kappa shape index (κ3) is 4.14. The number of carbonyl (C=O) groups excluding carboxylic acids is 2. The quantitative estimate of drug-likeness (QED) is 0.825. The summed E-state index contributed by atoms with van der Waals surface area (Å²) in [6.45, 7) is 5.36. The van der Waals surface area contributed by atoms with Crippen molar-refractivity contribution in [2.75, 3.05) is 33.3 Å². The molecular formula is C20H28N2O3. The number of nitrogens with zero attached hydrogens (tertiary/aromatic N) is 2. The van der Waals surface area contributed by atoms with E-state index < -0.39 is 0 Å². The maximum atomic E-state index is 12.8. The van der Waals surface area contributed by atoms with Gasteiger partial charge in [0.05, 0.1) is 12.7 Å². The lowest BCUT2D eigenvalue weighted by Crippen LogP contribution is -2.39. The molecule has 136 valence electrons. The van der Waals surface area contributed by atoms with Gasteiger partial charge in [-0.15, -0.1) is 0 Å². The zero-order chi connectivity index (χ0) is 17.8. The van der Waals surface area contributed by atoms with Crippen molar-refractivity contribution in [1.29, 1.82) is 0 Å². The number of benzene rings is 1. The average molecular weight is 344 g/mol. The normalized spacial score (nSPS) is 18.7. The lowest BCUT2D eigenvalue weighted by Gasteiger charge is -2.33. The van der Waals surface area contributed by atoms with E-state index in [0.717, 1.165) is 57.4 Å². The molecule has 2 heterocycles. The summed E-state index contributed by atoms with van der Waals surface area (Å²) in [5.41, 5.74) is 1.72. The minimum atomic E-state index is 0.0636. The van der Waals surface area contributed by atoms with Crippen LogP contribution < -0.4 is 4.74 Å². The molecule has 0 aliphatic carbocycles. The van der Waals surface area contributed by atoms with Crippen molar-refractivity contribution in [2.45, 2.75) is 39.0 Å². The van der Waals surface area contributed by atoms with E-state index in [0.29, 0.717) is 29.6 Å². The highest BCUT2D eigenvalue weighted by Gasteiger charge is 2.27. The van der Waals surface area contributed by atoms with Gasteiger partial charge in [-0.2, -0.15) is 0 Å². The third-order valence-corrected chi connectivity index (χ3v) is 5.47. The van der Waals surface area contributed by atoms with Crippen LogP contribution >= 0.6 is 0 Å². The van der Waals surface area contributed by atoms with Crippen LogP contribution in [0.5, 0.6) is 5.75 Å². The zero-order valence-corrected chi connectivity index (χ0v) is 15.3. The highest BCUT2D eigenvalue weighted by atomic mass is 16.5. The maximum Gasteiger partial charge on any atom is 0.257 e. The zero-order valence-electron chi connectivity index (χ0n) is 15.3. The molecular weight excluding hydrogens is 316 g/mol. The molecule has 2 aliphatic rings. The Bertz CT molecular complexity index is 636. The van der Waals surface area contributed by atoms with E-state index in [4.69, 9.17) is 4.74 Å². The van der Waals surface area contributed by atoms with Crippen LogP contribution in [0.2, 0.25) is 0 Å². The Labute approximate surface area is 149 Å². The molecule has 25 heavy (non-hydrogen) atoms. The van der Waals surface area contributed by atoms with Crippen LogP contribution in [-0.4, -0.2) is 54.9 Å². The lowest BCUT2D eigenvalue weighted by atomic mass is 9.93. The Morgan fingerprint density at radius 2 is 2.00 bits per heavy atom. The molecule has 2 aliphatic heterocycles. The fourth-order valence-electron chi connectivity index (χ4n) is 3.86. The number of amides is 2. The Morgan fingerprint density at radius 3 is 2.64 bits per heavy atom. The monoisotopic (exact) mass is 344 g/mol. The second-order valence-electron chi connectivity index (χ2n) is 7.21. The van der Waals surface area contributed by atoms with Gasteiger partial charge >= 0.3 is 0 Å². The summed E-state index contributed by atoms with van der Waals surface area (Å²) < 4.78 is 5.35. The Kier molecular flexibility index (Phi) is 5.61. The SMILES string of the molecule is COc1ccc(C)cc1C(=O)N1CCC(CCN2CCCC2=O)CC1. The average Bonchev–Trinajstić information content (AvgIpc) is 3.04.